The van der Waals surface area contributed by atoms with Crippen LogP contribution in [0.2, 0.25) is 0 Å². The summed E-state index contributed by atoms with van der Waals surface area (Å²) in [5, 5.41) is 20.5. The van der Waals surface area contributed by atoms with Crippen LogP contribution in [0.3, 0.4) is 0 Å². The number of aromatic hydroxyl groups is 1. The molecule has 118 valence electrons. The second kappa shape index (κ2) is 5.69. The number of rotatable bonds is 5. The summed E-state index contributed by atoms with van der Waals surface area (Å²) in [6, 6.07) is 10.4. The van der Waals surface area contributed by atoms with E-state index in [9.17, 15) is 20.0 Å². The van der Waals surface area contributed by atoms with Gasteiger partial charge in [-0.2, -0.15) is 0 Å². The van der Waals surface area contributed by atoms with Crippen molar-refractivity contribution in [3.8, 4) is 11.5 Å². The van der Waals surface area contributed by atoms with Crippen molar-refractivity contribution in [2.75, 3.05) is 7.11 Å². The van der Waals surface area contributed by atoms with Crippen LogP contribution in [0, 0.1) is 10.1 Å². The molecular weight excluding hydrogens is 302 g/mol. The first-order valence-corrected chi connectivity index (χ1v) is 6.83. The standard InChI is InChI=1S/C16H13NO6/c1-22-12-4-2-3-11(18)13(12)14(19)16-15(23-16)9-5-7-10(8-6-9)17(20)21/h2-8,15-16,18H,1H3/t15-,16-/m1/s1. The van der Waals surface area contributed by atoms with Crippen molar-refractivity contribution in [3.05, 3.63) is 63.7 Å². The van der Waals surface area contributed by atoms with Crippen molar-refractivity contribution >= 4 is 11.5 Å². The molecule has 1 saturated heterocycles. The number of phenols is 1. The molecule has 0 spiro atoms. The predicted octanol–water partition coefficient (Wildman–Crippen LogP) is 2.63. The highest BCUT2D eigenvalue weighted by Gasteiger charge is 2.47. The second-order valence-corrected chi connectivity index (χ2v) is 5.04. The van der Waals surface area contributed by atoms with Crippen LogP contribution in [0.5, 0.6) is 11.5 Å². The molecule has 0 radical (unpaired) electrons. The maximum absolute atomic E-state index is 12.5. The quantitative estimate of drug-likeness (QED) is 0.394. The lowest BCUT2D eigenvalue weighted by molar-refractivity contribution is -0.384. The van der Waals surface area contributed by atoms with Crippen molar-refractivity contribution in [2.24, 2.45) is 0 Å². The normalized spacial score (nSPS) is 19.2. The SMILES string of the molecule is COc1cccc(O)c1C(=O)[C@H]1O[C@@H]1c1ccc([N+](=O)[O-])cc1. The van der Waals surface area contributed by atoms with Crippen LogP contribution in [0.4, 0.5) is 5.69 Å². The number of epoxide rings is 1. The molecule has 1 aliphatic rings. The van der Waals surface area contributed by atoms with Crippen LogP contribution in [-0.2, 0) is 4.74 Å². The topological polar surface area (TPSA) is 102 Å². The molecule has 1 aliphatic heterocycles. The molecule has 2 aromatic rings. The van der Waals surface area contributed by atoms with E-state index in [1.165, 1.54) is 25.3 Å². The van der Waals surface area contributed by atoms with E-state index in [1.54, 1.807) is 24.3 Å². The number of nitro groups is 1. The fourth-order valence-electron chi connectivity index (χ4n) is 2.43. The van der Waals surface area contributed by atoms with Gasteiger partial charge in [0.25, 0.3) is 5.69 Å². The van der Waals surface area contributed by atoms with Gasteiger partial charge in [0.2, 0.25) is 5.78 Å². The zero-order chi connectivity index (χ0) is 16.6. The third kappa shape index (κ3) is 2.74. The number of methoxy groups -OCH3 is 1. The first-order chi connectivity index (χ1) is 11.0. The van der Waals surface area contributed by atoms with E-state index in [0.29, 0.717) is 5.56 Å². The molecular formula is C16H13NO6. The number of nitro benzene ring substituents is 1. The zero-order valence-corrected chi connectivity index (χ0v) is 12.1. The number of non-ortho nitro benzene ring substituents is 1. The van der Waals surface area contributed by atoms with Gasteiger partial charge in [-0.25, -0.2) is 0 Å². The monoisotopic (exact) mass is 315 g/mol. The first kappa shape index (κ1) is 15.0. The molecule has 0 saturated carbocycles. The Balaban J connectivity index is 1.81. The molecule has 3 rings (SSSR count). The van der Waals surface area contributed by atoms with Gasteiger partial charge in [-0.05, 0) is 29.8 Å². The molecule has 1 N–H and O–H groups in total. The molecule has 2 aromatic carbocycles. The fraction of sp³-hybridized carbons (Fsp3) is 0.188. The number of hydrogen-bond donors (Lipinski definition) is 1. The molecule has 1 heterocycles. The number of nitrogens with zero attached hydrogens (tertiary/aromatic N) is 1. The first-order valence-electron chi connectivity index (χ1n) is 6.83. The van der Waals surface area contributed by atoms with Gasteiger partial charge in [-0.1, -0.05) is 6.07 Å². The minimum atomic E-state index is -0.737. The van der Waals surface area contributed by atoms with E-state index in [2.05, 4.69) is 0 Å². The van der Waals surface area contributed by atoms with Crippen molar-refractivity contribution in [1.82, 2.24) is 0 Å². The van der Waals surface area contributed by atoms with E-state index < -0.39 is 17.1 Å². The highest BCUT2D eigenvalue weighted by molar-refractivity contribution is 6.05. The highest BCUT2D eigenvalue weighted by Crippen LogP contribution is 2.43. The Bertz CT molecular complexity index is 771. The maximum atomic E-state index is 12.5. The summed E-state index contributed by atoms with van der Waals surface area (Å²) in [5.74, 6) is -0.288. The number of phenolic OH excluding ortho intramolecular Hbond substituents is 1. The lowest BCUT2D eigenvalue weighted by Crippen LogP contribution is -2.10. The average molecular weight is 315 g/mol. The van der Waals surface area contributed by atoms with Gasteiger partial charge < -0.3 is 14.6 Å². The third-order valence-corrected chi connectivity index (χ3v) is 3.65. The molecule has 0 aromatic heterocycles. The van der Waals surface area contributed by atoms with Crippen molar-refractivity contribution in [3.63, 3.8) is 0 Å². The Morgan fingerprint density at radius 1 is 1.26 bits per heavy atom. The van der Waals surface area contributed by atoms with Crippen LogP contribution in [0.1, 0.15) is 22.0 Å². The Kier molecular flexibility index (Phi) is 3.71. The largest absolute Gasteiger partial charge is 0.507 e. The third-order valence-electron chi connectivity index (χ3n) is 3.65. The van der Waals surface area contributed by atoms with E-state index in [1.807, 2.05) is 0 Å². The number of ketones is 1. The van der Waals surface area contributed by atoms with Crippen LogP contribution >= 0.6 is 0 Å². The summed E-state index contributed by atoms with van der Waals surface area (Å²) in [6.07, 6.45) is -1.22. The number of ether oxygens (including phenoxy) is 2. The fourth-order valence-corrected chi connectivity index (χ4v) is 2.43. The van der Waals surface area contributed by atoms with Gasteiger partial charge in [0.05, 0.1) is 12.0 Å². The Labute approximate surface area is 131 Å². The Hall–Kier alpha value is -2.93. The Morgan fingerprint density at radius 3 is 2.57 bits per heavy atom. The zero-order valence-electron chi connectivity index (χ0n) is 12.1. The number of carbonyl (C=O) groups excluding carboxylic acids is 1. The Morgan fingerprint density at radius 2 is 1.96 bits per heavy atom. The number of carbonyl (C=O) groups is 1. The van der Waals surface area contributed by atoms with E-state index in [0.717, 1.165) is 0 Å². The van der Waals surface area contributed by atoms with Gasteiger partial charge in [-0.15, -0.1) is 0 Å². The van der Waals surface area contributed by atoms with E-state index in [-0.39, 0.29) is 28.5 Å². The van der Waals surface area contributed by atoms with Crippen molar-refractivity contribution in [1.29, 1.82) is 0 Å². The summed E-state index contributed by atoms with van der Waals surface area (Å²) in [7, 11) is 1.41. The number of Topliss-reactive ketones (excluding diaryl/α,β-unsaturated/α-hetero) is 1. The van der Waals surface area contributed by atoms with Gasteiger partial charge in [0.15, 0.2) is 6.10 Å². The molecule has 0 unspecified atom stereocenters. The summed E-state index contributed by atoms with van der Waals surface area (Å²) < 4.78 is 10.5. The summed E-state index contributed by atoms with van der Waals surface area (Å²) in [5.41, 5.74) is 0.715. The summed E-state index contributed by atoms with van der Waals surface area (Å²) in [4.78, 5) is 22.6. The predicted molar refractivity (Wildman–Crippen MR) is 79.7 cm³/mol. The summed E-state index contributed by atoms with van der Waals surface area (Å²) >= 11 is 0. The van der Waals surface area contributed by atoms with Gasteiger partial charge in [0, 0.05) is 12.1 Å². The van der Waals surface area contributed by atoms with E-state index >= 15 is 0 Å². The average Bonchev–Trinajstić information content (AvgIpc) is 3.34. The van der Waals surface area contributed by atoms with Crippen LogP contribution in [0.25, 0.3) is 0 Å². The smallest absolute Gasteiger partial charge is 0.269 e. The van der Waals surface area contributed by atoms with Crippen molar-refractivity contribution in [2.45, 2.75) is 12.2 Å². The molecule has 1 fully saturated rings. The number of hydrogen-bond acceptors (Lipinski definition) is 6. The molecule has 7 heteroatoms. The molecule has 0 aliphatic carbocycles. The van der Waals surface area contributed by atoms with E-state index in [4.69, 9.17) is 9.47 Å². The summed E-state index contributed by atoms with van der Waals surface area (Å²) in [6.45, 7) is 0. The minimum Gasteiger partial charge on any atom is -0.507 e. The van der Waals surface area contributed by atoms with Crippen LogP contribution in [-0.4, -0.2) is 29.0 Å². The molecule has 2 atom stereocenters. The lowest BCUT2D eigenvalue weighted by Gasteiger charge is -2.07. The van der Waals surface area contributed by atoms with Gasteiger partial charge in [0.1, 0.15) is 23.2 Å². The van der Waals surface area contributed by atoms with Crippen LogP contribution in [0.15, 0.2) is 42.5 Å². The van der Waals surface area contributed by atoms with Crippen LogP contribution < -0.4 is 4.74 Å². The number of benzene rings is 2. The van der Waals surface area contributed by atoms with Crippen molar-refractivity contribution < 1.29 is 24.3 Å². The van der Waals surface area contributed by atoms with Gasteiger partial charge >= 0.3 is 0 Å². The highest BCUT2D eigenvalue weighted by atomic mass is 16.6. The molecule has 7 nitrogen and oxygen atoms in total. The maximum Gasteiger partial charge on any atom is 0.269 e. The second-order valence-electron chi connectivity index (χ2n) is 5.04. The lowest BCUT2D eigenvalue weighted by atomic mass is 10.0. The molecule has 23 heavy (non-hydrogen) atoms. The minimum absolute atomic E-state index is 0.0281. The van der Waals surface area contributed by atoms with Gasteiger partial charge in [-0.3, -0.25) is 14.9 Å². The molecule has 0 amide bonds. The molecule has 0 bridgehead atoms.